The number of hydrogen-bond donors (Lipinski definition) is 3. The molecule has 1 saturated heterocycles. The molecule has 3 atom stereocenters. The number of nitrogens with zero attached hydrogens (tertiary/aromatic N) is 1. The van der Waals surface area contributed by atoms with E-state index >= 15 is 0 Å². The molecule has 1 aliphatic rings. The minimum atomic E-state index is -0.801. The van der Waals surface area contributed by atoms with Gasteiger partial charge < -0.3 is 15.3 Å². The highest BCUT2D eigenvalue weighted by Crippen LogP contribution is 2.49. The van der Waals surface area contributed by atoms with Crippen molar-refractivity contribution in [3.8, 4) is 22.6 Å². The number of halogens is 1. The summed E-state index contributed by atoms with van der Waals surface area (Å²) in [7, 11) is 0. The van der Waals surface area contributed by atoms with Crippen molar-refractivity contribution in [3.05, 3.63) is 114 Å². The number of phenols is 2. The van der Waals surface area contributed by atoms with Gasteiger partial charge in [0.15, 0.2) is 0 Å². The second kappa shape index (κ2) is 10.7. The molecule has 1 amide bonds. The molecule has 0 unspecified atom stereocenters. The first-order valence-electron chi connectivity index (χ1n) is 12.0. The minimum absolute atomic E-state index is 0.0474. The molecule has 7 heteroatoms. The predicted molar refractivity (Wildman–Crippen MR) is 144 cm³/mol. The second-order valence-corrected chi connectivity index (χ2v) is 10.2. The summed E-state index contributed by atoms with van der Waals surface area (Å²) in [6, 6.07) is 26.7. The summed E-state index contributed by atoms with van der Waals surface area (Å²) in [6.45, 7) is 0. The molecule has 0 aromatic heterocycles. The molecule has 5 nitrogen and oxygen atoms in total. The Labute approximate surface area is 218 Å². The third kappa shape index (κ3) is 5.33. The van der Waals surface area contributed by atoms with Crippen molar-refractivity contribution in [2.75, 3.05) is 4.90 Å². The average molecular weight is 516 g/mol. The molecule has 37 heavy (non-hydrogen) atoms. The van der Waals surface area contributed by atoms with E-state index in [-0.39, 0.29) is 27.8 Å². The fourth-order valence-electron chi connectivity index (χ4n) is 4.77. The van der Waals surface area contributed by atoms with Gasteiger partial charge in [0, 0.05) is 16.5 Å². The maximum absolute atomic E-state index is 13.3. The van der Waals surface area contributed by atoms with Gasteiger partial charge in [-0.15, -0.1) is 0 Å². The number of aliphatic hydroxyl groups excluding tert-OH is 1. The zero-order chi connectivity index (χ0) is 25.9. The molecule has 1 aliphatic heterocycles. The van der Waals surface area contributed by atoms with E-state index in [1.165, 1.54) is 23.9 Å². The zero-order valence-electron chi connectivity index (χ0n) is 19.9. The van der Waals surface area contributed by atoms with Crippen LogP contribution in [0.4, 0.5) is 14.9 Å². The molecule has 0 aliphatic carbocycles. The summed E-state index contributed by atoms with van der Waals surface area (Å²) in [4.78, 5) is 14.9. The van der Waals surface area contributed by atoms with Crippen LogP contribution in [-0.2, 0) is 0 Å². The summed E-state index contributed by atoms with van der Waals surface area (Å²) < 4.78 is 13.3. The standard InChI is InChI=1S/C30H26FNO4S/c31-22-12-9-19(10-13-22)26(34)15-16-28-29(32(30(36)37-28)23-6-2-1-3-7-23)25-14-11-21(18-27(25)35)20-5-4-8-24(33)17-20/h1-14,17-18,26,28-29,33-35H,15-16H2/t26-,28-,29+/m0/s1. The second-order valence-electron chi connectivity index (χ2n) is 9.04. The van der Waals surface area contributed by atoms with Gasteiger partial charge in [-0.3, -0.25) is 9.69 Å². The Hall–Kier alpha value is -3.81. The Morgan fingerprint density at radius 1 is 0.865 bits per heavy atom. The SMILES string of the molecule is O=C1S[C@@H](CC[C@H](O)c2ccc(F)cc2)[C@@H](c2ccc(-c3cccc(O)c3)cc2O)N1c1ccccc1. The predicted octanol–water partition coefficient (Wildman–Crippen LogP) is 7.20. The first-order chi connectivity index (χ1) is 17.9. The highest BCUT2D eigenvalue weighted by Gasteiger charge is 2.43. The highest BCUT2D eigenvalue weighted by atomic mass is 32.2. The molecule has 0 radical (unpaired) electrons. The van der Waals surface area contributed by atoms with Gasteiger partial charge in [-0.2, -0.15) is 0 Å². The quantitative estimate of drug-likeness (QED) is 0.242. The van der Waals surface area contributed by atoms with Crippen LogP contribution in [0.25, 0.3) is 11.1 Å². The van der Waals surface area contributed by atoms with Gasteiger partial charge in [0.05, 0.1) is 12.1 Å². The fraction of sp³-hybridized carbons (Fsp3) is 0.167. The molecule has 3 N–H and O–H groups in total. The normalized spacial score (nSPS) is 18.2. The van der Waals surface area contributed by atoms with Crippen LogP contribution in [0.1, 0.15) is 36.1 Å². The van der Waals surface area contributed by atoms with Gasteiger partial charge >= 0.3 is 0 Å². The van der Waals surface area contributed by atoms with Crippen LogP contribution in [-0.4, -0.2) is 25.8 Å². The molecular formula is C30H26FNO4S. The Balaban J connectivity index is 1.46. The van der Waals surface area contributed by atoms with Crippen LogP contribution < -0.4 is 4.90 Å². The first-order valence-corrected chi connectivity index (χ1v) is 12.9. The Kier molecular flexibility index (Phi) is 7.17. The van der Waals surface area contributed by atoms with Crippen LogP contribution in [0.3, 0.4) is 0 Å². The van der Waals surface area contributed by atoms with E-state index in [0.29, 0.717) is 24.0 Å². The molecule has 188 valence electrons. The van der Waals surface area contributed by atoms with Crippen molar-refractivity contribution in [2.45, 2.75) is 30.2 Å². The van der Waals surface area contributed by atoms with Gasteiger partial charge in [-0.05, 0) is 72.0 Å². The number of phenolic OH excluding ortho intramolecular Hbond substituents is 2. The molecule has 4 aromatic carbocycles. The van der Waals surface area contributed by atoms with Gasteiger partial charge in [-0.25, -0.2) is 4.39 Å². The topological polar surface area (TPSA) is 81.0 Å². The number of carbonyl (C=O) groups excluding carboxylic acids is 1. The van der Waals surface area contributed by atoms with Crippen molar-refractivity contribution >= 4 is 22.7 Å². The van der Waals surface area contributed by atoms with Gasteiger partial charge in [0.1, 0.15) is 17.3 Å². The third-order valence-corrected chi connectivity index (χ3v) is 7.82. The maximum atomic E-state index is 13.3. The van der Waals surface area contributed by atoms with Gasteiger partial charge in [0.25, 0.3) is 5.24 Å². The van der Waals surface area contributed by atoms with E-state index in [9.17, 15) is 24.5 Å². The smallest absolute Gasteiger partial charge is 0.287 e. The van der Waals surface area contributed by atoms with E-state index in [1.54, 1.807) is 41.3 Å². The zero-order valence-corrected chi connectivity index (χ0v) is 20.7. The Morgan fingerprint density at radius 2 is 1.59 bits per heavy atom. The number of aromatic hydroxyl groups is 2. The fourth-order valence-corrected chi connectivity index (χ4v) is 6.02. The summed E-state index contributed by atoms with van der Waals surface area (Å²) in [5.74, 6) is -0.184. The minimum Gasteiger partial charge on any atom is -0.508 e. The number of anilines is 1. The van der Waals surface area contributed by atoms with Crippen molar-refractivity contribution in [1.29, 1.82) is 0 Å². The third-order valence-electron chi connectivity index (χ3n) is 6.62. The van der Waals surface area contributed by atoms with Crippen molar-refractivity contribution in [2.24, 2.45) is 0 Å². The van der Waals surface area contributed by atoms with Crippen LogP contribution >= 0.6 is 11.8 Å². The number of hydrogen-bond acceptors (Lipinski definition) is 5. The first kappa shape index (κ1) is 24.9. The van der Waals surface area contributed by atoms with Crippen LogP contribution in [0.15, 0.2) is 97.1 Å². The summed E-state index contributed by atoms with van der Waals surface area (Å²) in [5.41, 5.74) is 3.45. The number of amides is 1. The molecule has 0 spiro atoms. The number of carbonyl (C=O) groups is 1. The number of para-hydroxylation sites is 1. The van der Waals surface area contributed by atoms with E-state index in [4.69, 9.17) is 0 Å². The lowest BCUT2D eigenvalue weighted by Gasteiger charge is -2.29. The number of benzene rings is 4. The van der Waals surface area contributed by atoms with Crippen molar-refractivity contribution in [1.82, 2.24) is 0 Å². The van der Waals surface area contributed by atoms with E-state index < -0.39 is 12.1 Å². The lowest BCUT2D eigenvalue weighted by molar-refractivity contribution is 0.163. The molecular weight excluding hydrogens is 489 g/mol. The lowest BCUT2D eigenvalue weighted by Crippen LogP contribution is -2.29. The van der Waals surface area contributed by atoms with E-state index in [0.717, 1.165) is 16.8 Å². The number of rotatable bonds is 7. The Bertz CT molecular complexity index is 1400. The van der Waals surface area contributed by atoms with E-state index in [1.807, 2.05) is 48.5 Å². The molecule has 5 rings (SSSR count). The summed E-state index contributed by atoms with van der Waals surface area (Å²) >= 11 is 1.19. The van der Waals surface area contributed by atoms with Crippen molar-refractivity contribution in [3.63, 3.8) is 0 Å². The van der Waals surface area contributed by atoms with E-state index in [2.05, 4.69) is 0 Å². The van der Waals surface area contributed by atoms with Crippen LogP contribution in [0.2, 0.25) is 0 Å². The lowest BCUT2D eigenvalue weighted by atomic mass is 9.93. The maximum Gasteiger partial charge on any atom is 0.287 e. The number of thioether (sulfide) groups is 1. The summed E-state index contributed by atoms with van der Waals surface area (Å²) in [6.07, 6.45) is 0.0682. The van der Waals surface area contributed by atoms with Crippen LogP contribution in [0, 0.1) is 5.82 Å². The molecule has 0 bridgehead atoms. The highest BCUT2D eigenvalue weighted by molar-refractivity contribution is 8.14. The van der Waals surface area contributed by atoms with Crippen molar-refractivity contribution < 1.29 is 24.5 Å². The van der Waals surface area contributed by atoms with Gasteiger partial charge in [-0.1, -0.05) is 66.4 Å². The average Bonchev–Trinajstić information content (AvgIpc) is 3.23. The Morgan fingerprint density at radius 3 is 2.30 bits per heavy atom. The largest absolute Gasteiger partial charge is 0.508 e. The van der Waals surface area contributed by atoms with Crippen LogP contribution in [0.5, 0.6) is 11.5 Å². The monoisotopic (exact) mass is 515 g/mol. The molecule has 1 fully saturated rings. The van der Waals surface area contributed by atoms with Gasteiger partial charge in [0.2, 0.25) is 0 Å². The molecule has 1 heterocycles. The number of aliphatic hydroxyl groups is 1. The molecule has 4 aromatic rings. The molecule has 0 saturated carbocycles. The summed E-state index contributed by atoms with van der Waals surface area (Å²) in [5, 5.41) is 31.3.